The van der Waals surface area contributed by atoms with Gasteiger partial charge < -0.3 is 9.52 Å². The van der Waals surface area contributed by atoms with E-state index in [-0.39, 0.29) is 28.9 Å². The first-order valence-electron chi connectivity index (χ1n) is 7.83. The van der Waals surface area contributed by atoms with E-state index in [0.29, 0.717) is 0 Å². The second-order valence-corrected chi connectivity index (χ2v) is 6.14. The third kappa shape index (κ3) is 3.80. The monoisotopic (exact) mass is 338 g/mol. The minimum Gasteiger partial charge on any atom is -0.507 e. The van der Waals surface area contributed by atoms with Crippen LogP contribution in [0.2, 0.25) is 0 Å². The molecule has 0 radical (unpaired) electrons. The van der Waals surface area contributed by atoms with E-state index in [0.717, 1.165) is 24.5 Å². The van der Waals surface area contributed by atoms with Crippen molar-refractivity contribution < 1.29 is 22.7 Å². The summed E-state index contributed by atoms with van der Waals surface area (Å²) in [5.41, 5.74) is 0.276. The third-order valence-corrected chi connectivity index (χ3v) is 4.24. The second-order valence-electron chi connectivity index (χ2n) is 6.14. The molecule has 1 aliphatic rings. The summed E-state index contributed by atoms with van der Waals surface area (Å²) in [6, 6.07) is 10.4. The summed E-state index contributed by atoms with van der Waals surface area (Å²) in [4.78, 5) is 12.3. The predicted octanol–water partition coefficient (Wildman–Crippen LogP) is 4.38. The van der Waals surface area contributed by atoms with Crippen LogP contribution in [0.1, 0.15) is 42.1 Å². The van der Waals surface area contributed by atoms with Gasteiger partial charge in [-0.1, -0.05) is 30.3 Å². The first kappa shape index (κ1) is 16.6. The molecule has 0 amide bonds. The first-order chi connectivity index (χ1) is 11.3. The molecule has 0 aliphatic heterocycles. The second kappa shape index (κ2) is 6.34. The van der Waals surface area contributed by atoms with Crippen molar-refractivity contribution in [2.45, 2.75) is 37.8 Å². The maximum Gasteiger partial charge on any atom is 0.389 e. The normalized spacial score (nSPS) is 16.1. The van der Waals surface area contributed by atoms with Crippen molar-refractivity contribution in [1.29, 1.82) is 0 Å². The zero-order valence-electron chi connectivity index (χ0n) is 12.8. The SMILES string of the molecule is O=c1oc(CCC(F)(F)F)cc(O)c1C(c1ccccc1)C1CC1. The number of aromatic hydroxyl groups is 1. The Labute approximate surface area is 136 Å². The number of benzene rings is 1. The number of alkyl halides is 3. The van der Waals surface area contributed by atoms with Gasteiger partial charge in [-0.25, -0.2) is 4.79 Å². The predicted molar refractivity (Wildman–Crippen MR) is 82.0 cm³/mol. The summed E-state index contributed by atoms with van der Waals surface area (Å²) >= 11 is 0. The van der Waals surface area contributed by atoms with E-state index < -0.39 is 24.6 Å². The highest BCUT2D eigenvalue weighted by Crippen LogP contribution is 2.47. The largest absolute Gasteiger partial charge is 0.507 e. The summed E-state index contributed by atoms with van der Waals surface area (Å²) in [6.07, 6.45) is -4.03. The van der Waals surface area contributed by atoms with Crippen LogP contribution in [0.5, 0.6) is 5.75 Å². The van der Waals surface area contributed by atoms with E-state index in [9.17, 15) is 23.1 Å². The molecule has 128 valence electrons. The standard InChI is InChI=1S/C18H17F3O3/c19-18(20,21)9-8-13-10-14(22)16(17(23)24-13)15(12-6-7-12)11-4-2-1-3-5-11/h1-5,10,12,15,22H,6-9H2. The van der Waals surface area contributed by atoms with Gasteiger partial charge in [0.1, 0.15) is 11.5 Å². The molecule has 0 saturated heterocycles. The zero-order valence-corrected chi connectivity index (χ0v) is 12.8. The average molecular weight is 338 g/mol. The summed E-state index contributed by atoms with van der Waals surface area (Å²) in [5, 5.41) is 10.3. The maximum atomic E-state index is 12.3. The highest BCUT2D eigenvalue weighted by Gasteiger charge is 2.37. The molecule has 3 nitrogen and oxygen atoms in total. The highest BCUT2D eigenvalue weighted by molar-refractivity contribution is 5.41. The van der Waals surface area contributed by atoms with Crippen molar-refractivity contribution in [3.05, 3.63) is 63.7 Å². The summed E-state index contributed by atoms with van der Waals surface area (Å²) < 4.78 is 42.0. The molecule has 1 aromatic heterocycles. The molecule has 1 N–H and O–H groups in total. The van der Waals surface area contributed by atoms with E-state index in [4.69, 9.17) is 4.42 Å². The lowest BCUT2D eigenvalue weighted by Gasteiger charge is -2.17. The van der Waals surface area contributed by atoms with Gasteiger partial charge in [0.15, 0.2) is 0 Å². The number of hydrogen-bond acceptors (Lipinski definition) is 3. The van der Waals surface area contributed by atoms with Gasteiger partial charge in [-0.05, 0) is 24.3 Å². The Morgan fingerprint density at radius 3 is 2.42 bits per heavy atom. The molecule has 3 rings (SSSR count). The Hall–Kier alpha value is -2.24. The van der Waals surface area contributed by atoms with E-state index in [1.165, 1.54) is 0 Å². The van der Waals surface area contributed by atoms with Gasteiger partial charge in [0.05, 0.1) is 12.0 Å². The maximum absolute atomic E-state index is 12.3. The molecule has 2 aromatic rings. The molecule has 1 atom stereocenters. The number of hydrogen-bond donors (Lipinski definition) is 1. The quantitative estimate of drug-likeness (QED) is 0.880. The third-order valence-electron chi connectivity index (χ3n) is 4.24. The minimum absolute atomic E-state index is 0.138. The van der Waals surface area contributed by atoms with Crippen LogP contribution in [0.3, 0.4) is 0 Å². The van der Waals surface area contributed by atoms with Gasteiger partial charge in [-0.3, -0.25) is 0 Å². The lowest BCUT2D eigenvalue weighted by molar-refractivity contribution is -0.134. The highest BCUT2D eigenvalue weighted by atomic mass is 19.4. The fourth-order valence-corrected chi connectivity index (χ4v) is 2.98. The van der Waals surface area contributed by atoms with Gasteiger partial charge in [0.25, 0.3) is 0 Å². The lowest BCUT2D eigenvalue weighted by atomic mass is 9.87. The Morgan fingerprint density at radius 1 is 1.21 bits per heavy atom. The number of aryl methyl sites for hydroxylation is 1. The molecule has 6 heteroatoms. The fraction of sp³-hybridized carbons (Fsp3) is 0.389. The average Bonchev–Trinajstić information content (AvgIpc) is 3.33. The molecule has 1 heterocycles. The fourth-order valence-electron chi connectivity index (χ4n) is 2.98. The van der Waals surface area contributed by atoms with Gasteiger partial charge in [0, 0.05) is 18.4 Å². The van der Waals surface area contributed by atoms with Crippen LogP contribution < -0.4 is 5.63 Å². The smallest absolute Gasteiger partial charge is 0.389 e. The zero-order chi connectivity index (χ0) is 17.3. The van der Waals surface area contributed by atoms with Crippen LogP contribution in [-0.2, 0) is 6.42 Å². The first-order valence-corrected chi connectivity index (χ1v) is 7.83. The molecule has 1 aliphatic carbocycles. The van der Waals surface area contributed by atoms with Crippen LogP contribution in [0.4, 0.5) is 13.2 Å². The molecule has 1 unspecified atom stereocenters. The Balaban J connectivity index is 1.94. The van der Waals surface area contributed by atoms with E-state index in [2.05, 4.69) is 0 Å². The topological polar surface area (TPSA) is 50.4 Å². The van der Waals surface area contributed by atoms with Crippen LogP contribution in [0, 0.1) is 5.92 Å². The lowest BCUT2D eigenvalue weighted by Crippen LogP contribution is -2.17. The molecular weight excluding hydrogens is 321 g/mol. The summed E-state index contributed by atoms with van der Waals surface area (Å²) in [5.74, 6) is -0.494. The Bertz CT molecular complexity index is 761. The number of rotatable bonds is 5. The van der Waals surface area contributed by atoms with Gasteiger partial charge in [-0.2, -0.15) is 13.2 Å². The van der Waals surface area contributed by atoms with Crippen LogP contribution in [0.15, 0.2) is 45.6 Å². The van der Waals surface area contributed by atoms with Gasteiger partial charge >= 0.3 is 11.8 Å². The Morgan fingerprint density at radius 2 is 1.88 bits per heavy atom. The number of halogens is 3. The molecular formula is C18H17F3O3. The molecule has 1 saturated carbocycles. The van der Waals surface area contributed by atoms with Crippen LogP contribution in [0.25, 0.3) is 0 Å². The van der Waals surface area contributed by atoms with Gasteiger partial charge in [0.2, 0.25) is 0 Å². The summed E-state index contributed by atoms with van der Waals surface area (Å²) in [6.45, 7) is 0. The van der Waals surface area contributed by atoms with Crippen molar-refractivity contribution in [2.24, 2.45) is 5.92 Å². The van der Waals surface area contributed by atoms with Crippen molar-refractivity contribution in [3.8, 4) is 5.75 Å². The van der Waals surface area contributed by atoms with Crippen molar-refractivity contribution in [2.75, 3.05) is 0 Å². The van der Waals surface area contributed by atoms with E-state index >= 15 is 0 Å². The van der Waals surface area contributed by atoms with Crippen LogP contribution >= 0.6 is 0 Å². The minimum atomic E-state index is -4.34. The summed E-state index contributed by atoms with van der Waals surface area (Å²) in [7, 11) is 0. The molecule has 0 spiro atoms. The van der Waals surface area contributed by atoms with Crippen molar-refractivity contribution in [1.82, 2.24) is 0 Å². The van der Waals surface area contributed by atoms with Crippen molar-refractivity contribution in [3.63, 3.8) is 0 Å². The molecule has 24 heavy (non-hydrogen) atoms. The van der Waals surface area contributed by atoms with Crippen molar-refractivity contribution >= 4 is 0 Å². The van der Waals surface area contributed by atoms with Crippen LogP contribution in [-0.4, -0.2) is 11.3 Å². The Kier molecular flexibility index (Phi) is 4.39. The molecule has 1 fully saturated rings. The van der Waals surface area contributed by atoms with Gasteiger partial charge in [-0.15, -0.1) is 0 Å². The van der Waals surface area contributed by atoms with E-state index in [1.54, 1.807) is 0 Å². The van der Waals surface area contributed by atoms with E-state index in [1.807, 2.05) is 30.3 Å². The molecule has 0 bridgehead atoms. The molecule has 1 aromatic carbocycles.